The Bertz CT molecular complexity index is 522. The van der Waals surface area contributed by atoms with Crippen LogP contribution in [0.3, 0.4) is 0 Å². The van der Waals surface area contributed by atoms with Crippen molar-refractivity contribution in [3.63, 3.8) is 0 Å². The zero-order valence-corrected chi connectivity index (χ0v) is 12.3. The Labute approximate surface area is 125 Å². The Morgan fingerprint density at radius 1 is 1.40 bits per heavy atom. The van der Waals surface area contributed by atoms with E-state index in [2.05, 4.69) is 20.7 Å². The lowest BCUT2D eigenvalue weighted by molar-refractivity contribution is -0.170. The Kier molecular flexibility index (Phi) is 5.41. The van der Waals surface area contributed by atoms with Crippen LogP contribution in [0.2, 0.25) is 0 Å². The fourth-order valence-corrected chi connectivity index (χ4v) is 1.98. The van der Waals surface area contributed by atoms with E-state index in [0.717, 1.165) is 13.2 Å². The van der Waals surface area contributed by atoms with Crippen LogP contribution < -0.4 is 4.90 Å². The first-order valence-corrected chi connectivity index (χ1v) is 6.40. The van der Waals surface area contributed by atoms with Crippen molar-refractivity contribution in [3.05, 3.63) is 29.8 Å². The average molecular weight is 375 g/mol. The summed E-state index contributed by atoms with van der Waals surface area (Å²) in [6.45, 7) is 0. The van der Waals surface area contributed by atoms with Gasteiger partial charge in [-0.1, -0.05) is 17.7 Å². The Morgan fingerprint density at radius 2 is 2.00 bits per heavy atom. The lowest BCUT2D eigenvalue weighted by atomic mass is 10.2. The molecule has 0 saturated carbocycles. The second-order valence-electron chi connectivity index (χ2n) is 3.49. The first-order chi connectivity index (χ1) is 9.18. The fraction of sp³-hybridized carbons (Fsp3) is 0.273. The molecule has 4 nitrogen and oxygen atoms in total. The summed E-state index contributed by atoms with van der Waals surface area (Å²) < 4.78 is 40.5. The third-order valence-electron chi connectivity index (χ3n) is 2.20. The fourth-order valence-electron chi connectivity index (χ4n) is 1.36. The number of hydrogen-bond donors (Lipinski definition) is 0. The first-order valence-electron chi connectivity index (χ1n) is 5.05. The van der Waals surface area contributed by atoms with Crippen LogP contribution in [-0.4, -0.2) is 29.6 Å². The Hall–Kier alpha value is -1.28. The molecule has 20 heavy (non-hydrogen) atoms. The van der Waals surface area contributed by atoms with Gasteiger partial charge in [0.1, 0.15) is 0 Å². The molecule has 0 aromatic heterocycles. The van der Waals surface area contributed by atoms with Gasteiger partial charge in [0.2, 0.25) is 0 Å². The van der Waals surface area contributed by atoms with Crippen molar-refractivity contribution in [2.24, 2.45) is 0 Å². The van der Waals surface area contributed by atoms with Crippen LogP contribution in [0, 0.1) is 0 Å². The number of benzene rings is 1. The van der Waals surface area contributed by atoms with Gasteiger partial charge < -0.3 is 4.74 Å². The molecule has 1 aromatic carbocycles. The lowest BCUT2D eigenvalue weighted by Crippen LogP contribution is -2.43. The maximum absolute atomic E-state index is 12.5. The predicted molar refractivity (Wildman–Crippen MR) is 69.9 cm³/mol. The Balaban J connectivity index is 3.23. The number of amides is 1. The summed E-state index contributed by atoms with van der Waals surface area (Å²) in [4.78, 5) is 22.9. The average Bonchev–Trinajstić information content (AvgIpc) is 2.36. The molecule has 0 bridgehead atoms. The number of nitrogens with zero attached hydrogens (tertiary/aromatic N) is 1. The van der Waals surface area contributed by atoms with Gasteiger partial charge >= 0.3 is 18.1 Å². The van der Waals surface area contributed by atoms with Crippen LogP contribution >= 0.6 is 27.5 Å². The number of carbonyl (C=O) groups excluding carboxylic acids is 2. The molecule has 0 fully saturated rings. The van der Waals surface area contributed by atoms with Crippen molar-refractivity contribution in [2.45, 2.75) is 10.6 Å². The molecule has 0 spiro atoms. The first kappa shape index (κ1) is 16.8. The second kappa shape index (κ2) is 6.45. The summed E-state index contributed by atoms with van der Waals surface area (Å²) in [7, 11) is 1.13. The van der Waals surface area contributed by atoms with Gasteiger partial charge in [-0.2, -0.15) is 13.2 Å². The van der Waals surface area contributed by atoms with Crippen LogP contribution in [0.25, 0.3) is 0 Å². The van der Waals surface area contributed by atoms with Gasteiger partial charge in [0.25, 0.3) is 0 Å². The topological polar surface area (TPSA) is 46.6 Å². The van der Waals surface area contributed by atoms with Crippen LogP contribution in [0.1, 0.15) is 10.4 Å². The van der Waals surface area contributed by atoms with Crippen LogP contribution in [0.15, 0.2) is 24.3 Å². The summed E-state index contributed by atoms with van der Waals surface area (Å²) in [5.74, 6) is -2.90. The number of hydrogen-bond acceptors (Lipinski definition) is 3. The highest BCUT2D eigenvalue weighted by Crippen LogP contribution is 2.29. The van der Waals surface area contributed by atoms with E-state index in [9.17, 15) is 22.8 Å². The highest BCUT2D eigenvalue weighted by molar-refractivity contribution is 9.10. The molecule has 1 amide bonds. The van der Waals surface area contributed by atoms with Gasteiger partial charge in [0, 0.05) is 5.69 Å². The van der Waals surface area contributed by atoms with E-state index >= 15 is 0 Å². The molecule has 9 heteroatoms. The van der Waals surface area contributed by atoms with Gasteiger partial charge in [0.15, 0.2) is 4.41 Å². The second-order valence-corrected chi connectivity index (χ2v) is 5.30. The molecule has 0 aliphatic rings. The molecule has 1 atom stereocenters. The third-order valence-corrected chi connectivity index (χ3v) is 2.81. The van der Waals surface area contributed by atoms with E-state index in [-0.39, 0.29) is 16.2 Å². The smallest absolute Gasteiger partial charge is 0.465 e. The van der Waals surface area contributed by atoms with Crippen molar-refractivity contribution in [3.8, 4) is 0 Å². The quantitative estimate of drug-likeness (QED) is 0.463. The normalized spacial score (nSPS) is 12.7. The Morgan fingerprint density at radius 3 is 2.45 bits per heavy atom. The summed E-state index contributed by atoms with van der Waals surface area (Å²) in [5, 5.41) is 0. The lowest BCUT2D eigenvalue weighted by Gasteiger charge is -2.25. The van der Waals surface area contributed by atoms with Crippen molar-refractivity contribution in [1.82, 2.24) is 0 Å². The molecule has 110 valence electrons. The molecular weight excluding hydrogens is 366 g/mol. The van der Waals surface area contributed by atoms with Crippen molar-refractivity contribution < 1.29 is 27.5 Å². The van der Waals surface area contributed by atoms with E-state index in [1.807, 2.05) is 0 Å². The van der Waals surface area contributed by atoms with Crippen LogP contribution in [0.4, 0.5) is 18.9 Å². The third kappa shape index (κ3) is 3.86. The summed E-state index contributed by atoms with van der Waals surface area (Å²) in [5.41, 5.74) is -0.193. The molecule has 0 aliphatic carbocycles. The number of rotatable bonds is 3. The molecule has 0 aliphatic heterocycles. The molecule has 1 aromatic rings. The minimum atomic E-state index is -5.10. The zero-order chi connectivity index (χ0) is 15.5. The van der Waals surface area contributed by atoms with Crippen molar-refractivity contribution in [2.75, 3.05) is 12.0 Å². The van der Waals surface area contributed by atoms with E-state index < -0.39 is 22.5 Å². The van der Waals surface area contributed by atoms with Gasteiger partial charge in [-0.3, -0.25) is 9.69 Å². The number of alkyl halides is 5. The number of carbonyl (C=O) groups is 2. The molecule has 1 rings (SSSR count). The number of anilines is 1. The predicted octanol–water partition coefficient (Wildman–Crippen LogP) is 3.29. The van der Waals surface area contributed by atoms with Crippen molar-refractivity contribution >= 4 is 45.1 Å². The number of halogens is 5. The highest BCUT2D eigenvalue weighted by atomic mass is 79.9. The summed E-state index contributed by atoms with van der Waals surface area (Å²) >= 11 is 8.25. The number of esters is 1. The number of ether oxygens (including phenoxy) is 1. The monoisotopic (exact) mass is 373 g/mol. The summed E-state index contributed by atoms with van der Waals surface area (Å²) in [6, 6.07) is 4.94. The van der Waals surface area contributed by atoms with Crippen molar-refractivity contribution in [1.29, 1.82) is 0 Å². The molecule has 0 N–H and O–H groups in total. The van der Waals surface area contributed by atoms with Gasteiger partial charge in [0.05, 0.1) is 12.7 Å². The largest absolute Gasteiger partial charge is 0.471 e. The van der Waals surface area contributed by atoms with Gasteiger partial charge in [-0.05, 0) is 34.1 Å². The van der Waals surface area contributed by atoms with Crippen LogP contribution in [0.5, 0.6) is 0 Å². The van der Waals surface area contributed by atoms with E-state index in [0.29, 0.717) is 0 Å². The molecule has 0 heterocycles. The maximum Gasteiger partial charge on any atom is 0.471 e. The van der Waals surface area contributed by atoms with E-state index in [1.54, 1.807) is 0 Å². The maximum atomic E-state index is 12.5. The highest BCUT2D eigenvalue weighted by Gasteiger charge is 2.44. The molecule has 0 radical (unpaired) electrons. The van der Waals surface area contributed by atoms with Crippen LogP contribution in [-0.2, 0) is 9.53 Å². The minimum absolute atomic E-state index is 0.00482. The number of methoxy groups -OCH3 is 1. The summed E-state index contributed by atoms with van der Waals surface area (Å²) in [6.07, 6.45) is -5.10. The van der Waals surface area contributed by atoms with E-state index in [4.69, 9.17) is 11.6 Å². The minimum Gasteiger partial charge on any atom is -0.465 e. The standard InChI is InChI=1S/C11H8BrClF3NO3/c1-20-8(18)6-3-2-4-7(5-6)17(10(12)13)9(19)11(14,15)16/h2-5,10H,1H3. The van der Waals surface area contributed by atoms with Gasteiger partial charge in [-0.15, -0.1) is 0 Å². The van der Waals surface area contributed by atoms with Gasteiger partial charge in [-0.25, -0.2) is 4.79 Å². The molecule has 0 saturated heterocycles. The SMILES string of the molecule is COC(=O)c1cccc(N(C(=O)C(F)(F)F)C(Cl)Br)c1. The molecular formula is C11H8BrClF3NO3. The van der Waals surface area contributed by atoms with E-state index in [1.165, 1.54) is 18.2 Å². The molecule has 1 unspecified atom stereocenters. The zero-order valence-electron chi connectivity index (χ0n) is 9.95.